The van der Waals surface area contributed by atoms with Crippen LogP contribution in [0.3, 0.4) is 0 Å². The Morgan fingerprint density at radius 3 is 2.16 bits per heavy atom. The van der Waals surface area contributed by atoms with Crippen LogP contribution in [0, 0.1) is 0 Å². The second-order valence-corrected chi connectivity index (χ2v) is 7.27. The van der Waals surface area contributed by atoms with Crippen molar-refractivity contribution in [2.75, 3.05) is 10.6 Å². The van der Waals surface area contributed by atoms with Crippen molar-refractivity contribution in [1.29, 1.82) is 0 Å². The van der Waals surface area contributed by atoms with Crippen molar-refractivity contribution in [3.05, 3.63) is 106 Å². The number of hydrogen-bond donors (Lipinski definition) is 2. The molecule has 0 bridgehead atoms. The molecule has 31 heavy (non-hydrogen) atoms. The van der Waals surface area contributed by atoms with Crippen LogP contribution in [-0.4, -0.2) is 15.7 Å². The van der Waals surface area contributed by atoms with Crippen LogP contribution in [0.5, 0.6) is 0 Å². The number of halogens is 1. The van der Waals surface area contributed by atoms with E-state index >= 15 is 0 Å². The minimum atomic E-state index is -0.352. The number of aromatic nitrogens is 2. The van der Waals surface area contributed by atoms with Crippen LogP contribution < -0.4 is 16.2 Å². The van der Waals surface area contributed by atoms with Crippen LogP contribution in [0.2, 0.25) is 5.02 Å². The first-order valence-corrected chi connectivity index (χ1v) is 10.0. The van der Waals surface area contributed by atoms with Gasteiger partial charge in [-0.15, -0.1) is 0 Å². The summed E-state index contributed by atoms with van der Waals surface area (Å²) in [5, 5.41) is 11.0. The third-order valence-electron chi connectivity index (χ3n) is 4.53. The predicted molar refractivity (Wildman–Crippen MR) is 124 cm³/mol. The van der Waals surface area contributed by atoms with Crippen LogP contribution in [0.1, 0.15) is 0 Å². The standard InChI is InChI=1S/C24H19ClN4O2/c25-18-8-6-17(7-9-18)22-14-15-24(31)29(28-22)16-23(30)27-21-12-10-20(11-13-21)26-19-4-2-1-3-5-19/h1-15,26H,16H2,(H,27,30). The molecule has 0 atom stereocenters. The zero-order valence-corrected chi connectivity index (χ0v) is 17.2. The number of anilines is 3. The van der Waals surface area contributed by atoms with E-state index in [1.165, 1.54) is 6.07 Å². The lowest BCUT2D eigenvalue weighted by Gasteiger charge is -2.10. The quantitative estimate of drug-likeness (QED) is 0.454. The molecule has 2 N–H and O–H groups in total. The summed E-state index contributed by atoms with van der Waals surface area (Å²) < 4.78 is 1.14. The summed E-state index contributed by atoms with van der Waals surface area (Å²) in [5.41, 5.74) is 3.55. The molecule has 4 rings (SSSR count). The van der Waals surface area contributed by atoms with Crippen molar-refractivity contribution in [3.63, 3.8) is 0 Å². The number of carbonyl (C=O) groups excluding carboxylic acids is 1. The van der Waals surface area contributed by atoms with Gasteiger partial charge in [-0.05, 0) is 54.6 Å². The van der Waals surface area contributed by atoms with Gasteiger partial charge in [-0.1, -0.05) is 41.9 Å². The molecule has 6 nitrogen and oxygen atoms in total. The number of para-hydroxylation sites is 1. The van der Waals surface area contributed by atoms with E-state index < -0.39 is 0 Å². The lowest BCUT2D eigenvalue weighted by Crippen LogP contribution is -2.29. The Morgan fingerprint density at radius 2 is 1.45 bits per heavy atom. The first-order valence-electron chi connectivity index (χ1n) is 9.63. The highest BCUT2D eigenvalue weighted by atomic mass is 35.5. The number of nitrogens with one attached hydrogen (secondary N) is 2. The molecule has 1 aromatic heterocycles. The Kier molecular flexibility index (Phi) is 6.10. The molecule has 154 valence electrons. The fourth-order valence-electron chi connectivity index (χ4n) is 3.00. The van der Waals surface area contributed by atoms with Crippen molar-refractivity contribution < 1.29 is 4.79 Å². The maximum absolute atomic E-state index is 12.5. The first kappa shape index (κ1) is 20.4. The molecule has 0 radical (unpaired) electrons. The molecule has 0 saturated carbocycles. The molecule has 0 unspecified atom stereocenters. The van der Waals surface area contributed by atoms with E-state index in [2.05, 4.69) is 15.7 Å². The Balaban J connectivity index is 1.42. The Hall–Kier alpha value is -3.90. The highest BCUT2D eigenvalue weighted by Gasteiger charge is 2.09. The minimum Gasteiger partial charge on any atom is -0.356 e. The Bertz CT molecular complexity index is 1240. The van der Waals surface area contributed by atoms with Crippen molar-refractivity contribution in [2.45, 2.75) is 6.54 Å². The van der Waals surface area contributed by atoms with Gasteiger partial charge >= 0.3 is 0 Å². The van der Waals surface area contributed by atoms with Gasteiger partial charge in [-0.3, -0.25) is 9.59 Å². The molecular weight excluding hydrogens is 412 g/mol. The number of amides is 1. The molecular formula is C24H19ClN4O2. The molecule has 1 heterocycles. The highest BCUT2D eigenvalue weighted by Crippen LogP contribution is 2.19. The van der Waals surface area contributed by atoms with Crippen LogP contribution >= 0.6 is 11.6 Å². The molecule has 0 fully saturated rings. The smallest absolute Gasteiger partial charge is 0.267 e. The van der Waals surface area contributed by atoms with Gasteiger partial charge in [0.1, 0.15) is 6.54 Å². The van der Waals surface area contributed by atoms with Gasteiger partial charge in [0.05, 0.1) is 5.69 Å². The average molecular weight is 431 g/mol. The number of rotatable bonds is 6. The summed E-state index contributed by atoms with van der Waals surface area (Å²) in [4.78, 5) is 24.6. The largest absolute Gasteiger partial charge is 0.356 e. The highest BCUT2D eigenvalue weighted by molar-refractivity contribution is 6.30. The van der Waals surface area contributed by atoms with E-state index in [1.54, 1.807) is 30.3 Å². The monoisotopic (exact) mass is 430 g/mol. The summed E-state index contributed by atoms with van der Waals surface area (Å²) >= 11 is 5.92. The van der Waals surface area contributed by atoms with E-state index in [4.69, 9.17) is 11.6 Å². The topological polar surface area (TPSA) is 76.0 Å². The lowest BCUT2D eigenvalue weighted by atomic mass is 10.1. The van der Waals surface area contributed by atoms with Gasteiger partial charge < -0.3 is 10.6 Å². The summed E-state index contributed by atoms with van der Waals surface area (Å²) in [6, 6.07) is 27.3. The molecule has 0 aliphatic heterocycles. The van der Waals surface area contributed by atoms with Gasteiger partial charge in [-0.25, -0.2) is 4.68 Å². The average Bonchev–Trinajstić information content (AvgIpc) is 2.78. The number of nitrogens with zero attached hydrogens (tertiary/aromatic N) is 2. The molecule has 7 heteroatoms. The van der Waals surface area contributed by atoms with E-state index in [0.29, 0.717) is 16.4 Å². The summed E-state index contributed by atoms with van der Waals surface area (Å²) in [6.45, 7) is -0.190. The second-order valence-electron chi connectivity index (χ2n) is 6.84. The van der Waals surface area contributed by atoms with Crippen molar-refractivity contribution >= 4 is 34.6 Å². The second kappa shape index (κ2) is 9.28. The Morgan fingerprint density at radius 1 is 0.806 bits per heavy atom. The number of carbonyl (C=O) groups is 1. The fraction of sp³-hybridized carbons (Fsp3) is 0.0417. The van der Waals surface area contributed by atoms with Gasteiger partial charge in [0.2, 0.25) is 5.91 Å². The third-order valence-corrected chi connectivity index (χ3v) is 4.78. The number of benzene rings is 3. The van der Waals surface area contributed by atoms with E-state index in [-0.39, 0.29) is 18.0 Å². The van der Waals surface area contributed by atoms with Crippen LogP contribution in [-0.2, 0) is 11.3 Å². The van der Waals surface area contributed by atoms with Gasteiger partial charge in [0.15, 0.2) is 0 Å². The van der Waals surface area contributed by atoms with Gasteiger partial charge in [-0.2, -0.15) is 5.10 Å². The van der Waals surface area contributed by atoms with Crippen LogP contribution in [0.15, 0.2) is 95.8 Å². The fourth-order valence-corrected chi connectivity index (χ4v) is 3.12. The van der Waals surface area contributed by atoms with Crippen molar-refractivity contribution in [2.24, 2.45) is 0 Å². The Labute approximate surface area is 184 Å². The van der Waals surface area contributed by atoms with Crippen LogP contribution in [0.25, 0.3) is 11.3 Å². The van der Waals surface area contributed by atoms with Crippen LogP contribution in [0.4, 0.5) is 17.1 Å². The predicted octanol–water partition coefficient (Wildman–Crippen LogP) is 4.95. The normalized spacial score (nSPS) is 10.5. The van der Waals surface area contributed by atoms with Gasteiger partial charge in [0, 0.05) is 33.7 Å². The minimum absolute atomic E-state index is 0.190. The van der Waals surface area contributed by atoms with E-state index in [0.717, 1.165) is 21.6 Å². The molecule has 4 aromatic rings. The molecule has 0 aliphatic rings. The SMILES string of the molecule is O=C(Cn1nc(-c2ccc(Cl)cc2)ccc1=O)Nc1ccc(Nc2ccccc2)cc1. The maximum atomic E-state index is 12.5. The van der Waals surface area contributed by atoms with E-state index in [9.17, 15) is 9.59 Å². The van der Waals surface area contributed by atoms with Gasteiger partial charge in [0.25, 0.3) is 5.56 Å². The zero-order chi connectivity index (χ0) is 21.6. The summed E-state index contributed by atoms with van der Waals surface area (Å²) in [6.07, 6.45) is 0. The summed E-state index contributed by atoms with van der Waals surface area (Å²) in [5.74, 6) is -0.341. The molecule has 1 amide bonds. The first-order chi connectivity index (χ1) is 15.1. The van der Waals surface area contributed by atoms with Crippen molar-refractivity contribution in [1.82, 2.24) is 9.78 Å². The molecule has 0 aliphatic carbocycles. The third kappa shape index (κ3) is 5.38. The summed E-state index contributed by atoms with van der Waals surface area (Å²) in [7, 11) is 0. The molecule has 3 aromatic carbocycles. The van der Waals surface area contributed by atoms with Crippen molar-refractivity contribution in [3.8, 4) is 11.3 Å². The van der Waals surface area contributed by atoms with E-state index in [1.807, 2.05) is 54.6 Å². The molecule has 0 spiro atoms. The lowest BCUT2D eigenvalue weighted by molar-refractivity contribution is -0.117. The maximum Gasteiger partial charge on any atom is 0.267 e. The molecule has 0 saturated heterocycles. The zero-order valence-electron chi connectivity index (χ0n) is 16.5. The number of hydrogen-bond acceptors (Lipinski definition) is 4.